The van der Waals surface area contributed by atoms with Gasteiger partial charge in [0.15, 0.2) is 17.5 Å². The van der Waals surface area contributed by atoms with Crippen molar-refractivity contribution < 1.29 is 19.2 Å². The number of likely N-dealkylation sites (N-methyl/N-ethyl adjacent to an activating group) is 1. The Labute approximate surface area is 204 Å². The lowest BCUT2D eigenvalue weighted by Crippen LogP contribution is -2.45. The zero-order valence-corrected chi connectivity index (χ0v) is 20.5. The smallest absolute Gasteiger partial charge is 0.249 e. The summed E-state index contributed by atoms with van der Waals surface area (Å²) in [4.78, 5) is 32.7. The van der Waals surface area contributed by atoms with E-state index in [2.05, 4.69) is 41.8 Å². The van der Waals surface area contributed by atoms with Gasteiger partial charge in [-0.05, 0) is 13.8 Å². The van der Waals surface area contributed by atoms with Gasteiger partial charge in [0.1, 0.15) is 23.9 Å². The van der Waals surface area contributed by atoms with Gasteiger partial charge in [-0.3, -0.25) is 14.7 Å². The van der Waals surface area contributed by atoms with Crippen molar-refractivity contribution in [2.75, 3.05) is 6.54 Å². The first-order valence-electron chi connectivity index (χ1n) is 11.7. The molecule has 2 amide bonds. The first-order chi connectivity index (χ1) is 16.7. The fourth-order valence-corrected chi connectivity index (χ4v) is 3.76. The molecule has 0 bridgehead atoms. The number of aliphatic hydroxyl groups excluding tert-OH is 1. The van der Waals surface area contributed by atoms with E-state index in [0.29, 0.717) is 37.3 Å². The predicted octanol–water partition coefficient (Wildman–Crippen LogP) is 2.53. The van der Waals surface area contributed by atoms with Crippen molar-refractivity contribution in [3.05, 3.63) is 29.2 Å². The summed E-state index contributed by atoms with van der Waals surface area (Å²) in [6.07, 6.45) is 6.87. The summed E-state index contributed by atoms with van der Waals surface area (Å²) in [6.45, 7) is 7.43. The highest BCUT2D eigenvalue weighted by Crippen LogP contribution is 2.39. The van der Waals surface area contributed by atoms with E-state index in [9.17, 15) is 14.7 Å². The number of carbonyl (C=O) groups excluding carboxylic acids is 2. The topological polar surface area (TPSA) is 162 Å². The molecular formula is C23H32N8O4. The molecule has 2 aromatic heterocycles. The molecule has 35 heavy (non-hydrogen) atoms. The van der Waals surface area contributed by atoms with Crippen LogP contribution in [0.2, 0.25) is 0 Å². The molecule has 0 spiro atoms. The van der Waals surface area contributed by atoms with E-state index in [1.165, 1.54) is 4.90 Å². The quantitative estimate of drug-likeness (QED) is 0.368. The monoisotopic (exact) mass is 484 g/mol. The van der Waals surface area contributed by atoms with Crippen molar-refractivity contribution in [2.24, 2.45) is 10.2 Å². The van der Waals surface area contributed by atoms with Crippen LogP contribution in [0, 0.1) is 12.3 Å². The van der Waals surface area contributed by atoms with Gasteiger partial charge in [-0.15, -0.1) is 12.3 Å². The first kappa shape index (κ1) is 26.0. The third-order valence-electron chi connectivity index (χ3n) is 5.84. The van der Waals surface area contributed by atoms with Crippen LogP contribution in [-0.4, -0.2) is 54.4 Å². The second kappa shape index (κ2) is 11.2. The Hall–Kier alpha value is -3.59. The molecular weight excluding hydrogens is 452 g/mol. The number of hydrogen-bond donors (Lipinski definition) is 3. The molecule has 0 aliphatic carbocycles. The largest absolute Gasteiger partial charge is 0.388 e. The second-order valence-corrected chi connectivity index (χ2v) is 8.77. The third kappa shape index (κ3) is 6.10. The summed E-state index contributed by atoms with van der Waals surface area (Å²) in [6, 6.07) is -0.116. The molecule has 2 aromatic rings. The van der Waals surface area contributed by atoms with Crippen LogP contribution in [0.5, 0.6) is 0 Å². The lowest BCUT2D eigenvalue weighted by Gasteiger charge is -2.33. The number of nitrogens with zero attached hydrogens (tertiary/aromatic N) is 6. The summed E-state index contributed by atoms with van der Waals surface area (Å²) < 4.78 is 5.45. The lowest BCUT2D eigenvalue weighted by molar-refractivity contribution is -0.144. The van der Waals surface area contributed by atoms with Crippen LogP contribution >= 0.6 is 0 Å². The number of H-pyrrole nitrogens is 1. The van der Waals surface area contributed by atoms with Gasteiger partial charge in [0, 0.05) is 44.2 Å². The van der Waals surface area contributed by atoms with Crippen LogP contribution in [0.4, 0.5) is 0 Å². The Kier molecular flexibility index (Phi) is 8.34. The highest BCUT2D eigenvalue weighted by Gasteiger charge is 2.43. The van der Waals surface area contributed by atoms with Gasteiger partial charge in [0.2, 0.25) is 11.8 Å². The minimum atomic E-state index is -1.08. The molecule has 0 radical (unpaired) electrons. The average molecular weight is 485 g/mol. The van der Waals surface area contributed by atoms with Crippen LogP contribution in [-0.2, 0) is 16.2 Å². The van der Waals surface area contributed by atoms with Gasteiger partial charge >= 0.3 is 0 Å². The molecule has 12 nitrogen and oxygen atoms in total. The van der Waals surface area contributed by atoms with Gasteiger partial charge in [-0.25, -0.2) is 4.98 Å². The zero-order valence-electron chi connectivity index (χ0n) is 20.5. The summed E-state index contributed by atoms with van der Waals surface area (Å²) in [5.74, 6) is 2.99. The number of aliphatic hydroxyl groups is 1. The normalized spacial score (nSPS) is 15.5. The van der Waals surface area contributed by atoms with Crippen molar-refractivity contribution in [3.8, 4) is 12.3 Å². The van der Waals surface area contributed by atoms with Crippen LogP contribution < -0.4 is 5.32 Å². The van der Waals surface area contributed by atoms with E-state index < -0.39 is 23.7 Å². The predicted molar refractivity (Wildman–Crippen MR) is 124 cm³/mol. The number of nitrogens with one attached hydrogen (secondary N) is 2. The Bertz CT molecular complexity index is 1090. The van der Waals surface area contributed by atoms with Crippen molar-refractivity contribution in [1.29, 1.82) is 0 Å². The van der Waals surface area contributed by atoms with Crippen LogP contribution in [0.3, 0.4) is 0 Å². The number of rotatable bonds is 13. The average Bonchev–Trinajstić information content (AvgIpc) is 3.22. The van der Waals surface area contributed by atoms with Gasteiger partial charge in [-0.1, -0.05) is 19.0 Å². The van der Waals surface area contributed by atoms with Crippen LogP contribution in [0.15, 0.2) is 20.8 Å². The highest BCUT2D eigenvalue weighted by atomic mass is 16.5. The van der Waals surface area contributed by atoms with Gasteiger partial charge < -0.3 is 19.8 Å². The maximum Gasteiger partial charge on any atom is 0.249 e. The molecule has 0 fully saturated rings. The number of amides is 2. The molecule has 0 aromatic carbocycles. The van der Waals surface area contributed by atoms with Gasteiger partial charge in [0.05, 0.1) is 6.04 Å². The fraction of sp³-hybridized carbons (Fsp3) is 0.609. The fourth-order valence-electron chi connectivity index (χ4n) is 3.76. The molecule has 3 N–H and O–H groups in total. The number of carbonyl (C=O) groups is 2. The molecule has 12 heteroatoms. The molecule has 1 unspecified atom stereocenters. The van der Waals surface area contributed by atoms with Crippen molar-refractivity contribution in [1.82, 2.24) is 30.6 Å². The van der Waals surface area contributed by atoms with E-state index in [4.69, 9.17) is 10.9 Å². The van der Waals surface area contributed by atoms with Crippen molar-refractivity contribution >= 4 is 11.8 Å². The number of aromatic nitrogens is 4. The SMILES string of the molecule is C#CCCC1(CCC(=O)N(C(C(=O)NCC)c2cc(C(C)C)on2)[C@@H](C)c2n[nH]c(CO)n2)N=N1. The zero-order chi connectivity index (χ0) is 25.6. The summed E-state index contributed by atoms with van der Waals surface area (Å²) in [5.41, 5.74) is -0.341. The molecule has 0 saturated heterocycles. The minimum absolute atomic E-state index is 0.0435. The first-order valence-corrected chi connectivity index (χ1v) is 11.7. The number of terminal acetylenes is 1. The lowest BCUT2D eigenvalue weighted by atomic mass is 10.00. The Morgan fingerprint density at radius 1 is 1.31 bits per heavy atom. The molecule has 2 atom stereocenters. The summed E-state index contributed by atoms with van der Waals surface area (Å²) in [7, 11) is 0. The van der Waals surface area contributed by atoms with E-state index in [-0.39, 0.29) is 36.5 Å². The molecule has 0 saturated carbocycles. The molecule has 188 valence electrons. The number of hydrogen-bond acceptors (Lipinski definition) is 9. The van der Waals surface area contributed by atoms with Gasteiger partial charge in [0.25, 0.3) is 0 Å². The third-order valence-corrected chi connectivity index (χ3v) is 5.84. The highest BCUT2D eigenvalue weighted by molar-refractivity contribution is 5.88. The molecule has 3 rings (SSSR count). The maximum absolute atomic E-state index is 13.7. The Morgan fingerprint density at radius 2 is 2.06 bits per heavy atom. The van der Waals surface area contributed by atoms with Crippen molar-refractivity contribution in [2.45, 2.75) is 83.6 Å². The molecule has 3 heterocycles. The standard InChI is InChI=1S/C23H32N8O4/c1-6-8-10-23(29-30-23)11-9-19(33)31(15(5)21-25-18(13-32)26-27-21)20(22(34)24-7-2)16-12-17(14(3)4)35-28-16/h1,12,14-15,20,32H,7-11,13H2,2-5H3,(H,24,34)(H,25,26,27)/t15-,20?/m0/s1. The number of aromatic amines is 1. The summed E-state index contributed by atoms with van der Waals surface area (Å²) >= 11 is 0. The van der Waals surface area contributed by atoms with Crippen molar-refractivity contribution in [3.63, 3.8) is 0 Å². The Morgan fingerprint density at radius 3 is 2.60 bits per heavy atom. The second-order valence-electron chi connectivity index (χ2n) is 8.77. The van der Waals surface area contributed by atoms with E-state index >= 15 is 0 Å². The summed E-state index contributed by atoms with van der Waals surface area (Å²) in [5, 5.41) is 31.3. The minimum Gasteiger partial charge on any atom is -0.388 e. The maximum atomic E-state index is 13.7. The molecule has 1 aliphatic rings. The van der Waals surface area contributed by atoms with E-state index in [1.807, 2.05) is 13.8 Å². The van der Waals surface area contributed by atoms with E-state index in [0.717, 1.165) is 0 Å². The van der Waals surface area contributed by atoms with E-state index in [1.54, 1.807) is 19.9 Å². The van der Waals surface area contributed by atoms with Crippen LogP contribution in [0.25, 0.3) is 0 Å². The Balaban J connectivity index is 1.96. The van der Waals surface area contributed by atoms with Gasteiger partial charge in [-0.2, -0.15) is 15.3 Å². The van der Waals surface area contributed by atoms with Crippen LogP contribution in [0.1, 0.15) is 94.5 Å². The molecule has 1 aliphatic heterocycles.